The van der Waals surface area contributed by atoms with Gasteiger partial charge in [-0.2, -0.15) is 0 Å². The van der Waals surface area contributed by atoms with Crippen LogP contribution in [-0.2, 0) is 4.79 Å². The summed E-state index contributed by atoms with van der Waals surface area (Å²) >= 11 is 10.4. The second-order valence-corrected chi connectivity index (χ2v) is 5.15. The summed E-state index contributed by atoms with van der Waals surface area (Å²) in [6.45, 7) is 1.53. The van der Waals surface area contributed by atoms with E-state index in [1.165, 1.54) is 18.7 Å². The van der Waals surface area contributed by atoms with E-state index in [1.54, 1.807) is 12.1 Å². The monoisotopic (exact) mass is 302 g/mol. The molecule has 0 aliphatic heterocycles. The van der Waals surface area contributed by atoms with E-state index in [-0.39, 0.29) is 5.12 Å². The van der Waals surface area contributed by atoms with Crippen LogP contribution in [0.5, 0.6) is 0 Å². The number of hydrogen-bond donors (Lipinski definition) is 0. The number of thioether (sulfide) groups is 1. The molecule has 0 aliphatic carbocycles. The molecule has 0 unspecified atom stereocenters. The van der Waals surface area contributed by atoms with Gasteiger partial charge in [0.1, 0.15) is 0 Å². The quantitative estimate of drug-likeness (QED) is 0.735. The molecular weight excluding hydrogens is 296 g/mol. The Morgan fingerprint density at radius 2 is 2.33 bits per heavy atom. The van der Waals surface area contributed by atoms with Crippen LogP contribution in [0, 0.1) is 11.8 Å². The highest BCUT2D eigenvalue weighted by Crippen LogP contribution is 2.20. The van der Waals surface area contributed by atoms with E-state index in [0.717, 1.165) is 10.0 Å². The Morgan fingerprint density at radius 1 is 1.60 bits per heavy atom. The lowest BCUT2D eigenvalue weighted by Crippen LogP contribution is -1.83. The largest absolute Gasteiger partial charge is 0.288 e. The van der Waals surface area contributed by atoms with Gasteiger partial charge in [0, 0.05) is 22.0 Å². The fourth-order valence-corrected chi connectivity index (χ4v) is 1.99. The van der Waals surface area contributed by atoms with Gasteiger partial charge in [-0.15, -0.1) is 0 Å². The smallest absolute Gasteiger partial charge is 0.186 e. The van der Waals surface area contributed by atoms with Crippen LogP contribution in [0.25, 0.3) is 0 Å². The Kier molecular flexibility index (Phi) is 5.24. The molecule has 78 valence electrons. The molecule has 0 heterocycles. The summed E-state index contributed by atoms with van der Waals surface area (Å²) in [6, 6.07) is 5.43. The van der Waals surface area contributed by atoms with E-state index in [4.69, 9.17) is 11.6 Å². The van der Waals surface area contributed by atoms with Crippen molar-refractivity contribution in [2.75, 3.05) is 5.75 Å². The lowest BCUT2D eigenvalue weighted by atomic mass is 10.2. The Morgan fingerprint density at radius 3 is 2.93 bits per heavy atom. The molecule has 1 aromatic rings. The molecule has 0 fully saturated rings. The molecule has 0 atom stereocenters. The van der Waals surface area contributed by atoms with Gasteiger partial charge in [-0.3, -0.25) is 4.79 Å². The SMILES string of the molecule is CC(=O)SCC#Cc1ccc(Cl)cc1Br. The first-order chi connectivity index (χ1) is 7.09. The van der Waals surface area contributed by atoms with Crippen LogP contribution in [-0.4, -0.2) is 10.9 Å². The van der Waals surface area contributed by atoms with Gasteiger partial charge in [-0.1, -0.05) is 35.2 Å². The van der Waals surface area contributed by atoms with Crippen LogP contribution in [0.1, 0.15) is 12.5 Å². The summed E-state index contributed by atoms with van der Waals surface area (Å²) < 4.78 is 0.871. The predicted molar refractivity (Wildman–Crippen MR) is 69.2 cm³/mol. The molecule has 15 heavy (non-hydrogen) atoms. The van der Waals surface area contributed by atoms with E-state index >= 15 is 0 Å². The van der Waals surface area contributed by atoms with Gasteiger partial charge < -0.3 is 0 Å². The van der Waals surface area contributed by atoms with E-state index in [2.05, 4.69) is 27.8 Å². The van der Waals surface area contributed by atoms with Crippen molar-refractivity contribution in [3.05, 3.63) is 33.3 Å². The zero-order chi connectivity index (χ0) is 11.3. The van der Waals surface area contributed by atoms with Crippen molar-refractivity contribution in [1.29, 1.82) is 0 Å². The van der Waals surface area contributed by atoms with Crippen LogP contribution in [0.2, 0.25) is 5.02 Å². The van der Waals surface area contributed by atoms with Crippen LogP contribution < -0.4 is 0 Å². The van der Waals surface area contributed by atoms with Crippen molar-refractivity contribution in [3.8, 4) is 11.8 Å². The molecule has 4 heteroatoms. The third-order valence-electron chi connectivity index (χ3n) is 1.50. The molecule has 0 aromatic heterocycles. The minimum absolute atomic E-state index is 0.0828. The molecule has 1 rings (SSSR count). The second kappa shape index (κ2) is 6.22. The molecule has 0 N–H and O–H groups in total. The second-order valence-electron chi connectivity index (χ2n) is 2.71. The van der Waals surface area contributed by atoms with E-state index in [9.17, 15) is 4.79 Å². The number of carbonyl (C=O) groups is 1. The maximum absolute atomic E-state index is 10.6. The first kappa shape index (κ1) is 12.6. The minimum atomic E-state index is 0.0828. The summed E-state index contributed by atoms with van der Waals surface area (Å²) in [5.74, 6) is 6.40. The summed E-state index contributed by atoms with van der Waals surface area (Å²) in [4.78, 5) is 10.6. The normalized spacial score (nSPS) is 9.27. The van der Waals surface area contributed by atoms with Crippen molar-refractivity contribution in [3.63, 3.8) is 0 Å². The van der Waals surface area contributed by atoms with Crippen molar-refractivity contribution in [2.24, 2.45) is 0 Å². The third-order valence-corrected chi connectivity index (χ3v) is 3.09. The first-order valence-corrected chi connectivity index (χ1v) is 6.32. The van der Waals surface area contributed by atoms with Gasteiger partial charge in [0.15, 0.2) is 5.12 Å². The Bertz CT molecular complexity index is 434. The third kappa shape index (κ3) is 4.74. The molecule has 0 bridgehead atoms. The van der Waals surface area contributed by atoms with Crippen molar-refractivity contribution in [1.82, 2.24) is 0 Å². The van der Waals surface area contributed by atoms with Gasteiger partial charge in [0.05, 0.1) is 5.75 Å². The molecule has 0 spiro atoms. The fourth-order valence-electron chi connectivity index (χ4n) is 0.860. The summed E-state index contributed by atoms with van der Waals surface area (Å²) in [7, 11) is 0. The Balaban J connectivity index is 2.67. The van der Waals surface area contributed by atoms with Crippen molar-refractivity contribution >= 4 is 44.4 Å². The van der Waals surface area contributed by atoms with Gasteiger partial charge >= 0.3 is 0 Å². The minimum Gasteiger partial charge on any atom is -0.288 e. The average molecular weight is 304 g/mol. The molecule has 0 amide bonds. The van der Waals surface area contributed by atoms with Crippen LogP contribution in [0.4, 0.5) is 0 Å². The number of hydrogen-bond acceptors (Lipinski definition) is 2. The fraction of sp³-hybridized carbons (Fsp3) is 0.182. The Labute approximate surface area is 107 Å². The molecule has 1 aromatic carbocycles. The van der Waals surface area contributed by atoms with Crippen molar-refractivity contribution < 1.29 is 4.79 Å². The topological polar surface area (TPSA) is 17.1 Å². The van der Waals surface area contributed by atoms with Gasteiger partial charge in [-0.05, 0) is 34.1 Å². The summed E-state index contributed by atoms with van der Waals surface area (Å²) in [5.41, 5.74) is 0.878. The number of benzene rings is 1. The lowest BCUT2D eigenvalue weighted by molar-refractivity contribution is -0.109. The van der Waals surface area contributed by atoms with Crippen LogP contribution >= 0.6 is 39.3 Å². The molecule has 0 radical (unpaired) electrons. The lowest BCUT2D eigenvalue weighted by Gasteiger charge is -1.95. The number of halogens is 2. The van der Waals surface area contributed by atoms with Crippen molar-refractivity contribution in [2.45, 2.75) is 6.92 Å². The highest BCUT2D eigenvalue weighted by molar-refractivity contribution is 9.10. The zero-order valence-corrected chi connectivity index (χ0v) is 11.2. The molecule has 0 saturated carbocycles. The number of rotatable bonds is 1. The zero-order valence-electron chi connectivity index (χ0n) is 8.01. The van der Waals surface area contributed by atoms with Crippen LogP contribution in [0.15, 0.2) is 22.7 Å². The molecule has 0 aliphatic rings. The number of carbonyl (C=O) groups excluding carboxylic acids is 1. The Hall–Kier alpha value is -0.430. The maximum atomic E-state index is 10.6. The molecule has 0 saturated heterocycles. The molecular formula is C11H8BrClOS. The predicted octanol–water partition coefficient (Wildman–Crippen LogP) is 3.73. The van der Waals surface area contributed by atoms with Gasteiger partial charge in [0.25, 0.3) is 0 Å². The summed E-state index contributed by atoms with van der Waals surface area (Å²) in [6.07, 6.45) is 0. The van der Waals surface area contributed by atoms with E-state index < -0.39 is 0 Å². The van der Waals surface area contributed by atoms with E-state index in [1.807, 2.05) is 6.07 Å². The highest BCUT2D eigenvalue weighted by Gasteiger charge is 1.96. The highest BCUT2D eigenvalue weighted by atomic mass is 79.9. The first-order valence-electron chi connectivity index (χ1n) is 4.17. The summed E-state index contributed by atoms with van der Waals surface area (Å²) in [5, 5.41) is 0.755. The maximum Gasteiger partial charge on any atom is 0.186 e. The standard InChI is InChI=1S/C11H8BrClOS/c1-8(14)15-6-2-3-9-4-5-10(13)7-11(9)12/h4-5,7H,6H2,1H3. The molecule has 1 nitrogen and oxygen atoms in total. The van der Waals surface area contributed by atoms with Gasteiger partial charge in [-0.25, -0.2) is 0 Å². The van der Waals surface area contributed by atoms with Gasteiger partial charge in [0.2, 0.25) is 0 Å². The average Bonchev–Trinajstić information content (AvgIpc) is 2.14. The van der Waals surface area contributed by atoms with E-state index in [0.29, 0.717) is 10.8 Å². The van der Waals surface area contributed by atoms with Crippen LogP contribution in [0.3, 0.4) is 0 Å².